The fraction of sp³-hybridized carbons (Fsp3) is 0. The molecule has 0 heterocycles. The van der Waals surface area contributed by atoms with E-state index in [1.165, 1.54) is 0 Å². The van der Waals surface area contributed by atoms with Crippen molar-refractivity contribution in [3.05, 3.63) is 0 Å². The van der Waals surface area contributed by atoms with Crippen molar-refractivity contribution in [2.45, 2.75) is 0 Å². The molecular formula is H12Ca4K2O8P2. The number of phosphoric acid groups is 2. The van der Waals surface area contributed by atoms with Crippen LogP contribution in [0.3, 0.4) is 0 Å². The monoisotopic (exact) mass is 440 g/mol. The first kappa shape index (κ1) is 49.7. The van der Waals surface area contributed by atoms with Gasteiger partial charge in [0.2, 0.25) is 0 Å². The fourth-order valence-electron chi connectivity index (χ4n) is 0. The Morgan fingerprint density at radius 3 is 0.812 bits per heavy atom. The molecule has 0 aromatic rings. The molecule has 16 heteroatoms. The van der Waals surface area contributed by atoms with Crippen molar-refractivity contribution in [2.75, 3.05) is 0 Å². The Hall–Kier alpha value is 8.53. The third-order valence-corrected chi connectivity index (χ3v) is 0. The molecule has 0 saturated carbocycles. The molecule has 0 amide bonds. The van der Waals surface area contributed by atoms with Crippen LogP contribution in [0.2, 0.25) is 0 Å². The maximum Gasteiger partial charge on any atom is 2.00 e. The first-order chi connectivity index (χ1) is 4.00. The number of hydrogen-bond acceptors (Lipinski definition) is 5. The maximum absolute atomic E-state index is 8.88. The molecule has 8 nitrogen and oxygen atoms in total. The largest absolute Gasteiger partial charge is 2.00 e. The van der Waals surface area contributed by atoms with Gasteiger partial charge in [0.1, 0.15) is 0 Å². The van der Waals surface area contributed by atoms with E-state index in [2.05, 4.69) is 0 Å². The van der Waals surface area contributed by atoms with E-state index in [9.17, 15) is 0 Å². The first-order valence-corrected chi connectivity index (χ1v) is 4.54. The molecule has 0 unspecified atom stereocenters. The van der Waals surface area contributed by atoms with Crippen LogP contribution in [0.15, 0.2) is 0 Å². The third-order valence-electron chi connectivity index (χ3n) is 0. The first-order valence-electron chi connectivity index (χ1n) is 1.51. The molecule has 80 valence electrons. The molecule has 0 rings (SSSR count). The van der Waals surface area contributed by atoms with Crippen molar-refractivity contribution in [1.82, 2.24) is 0 Å². The van der Waals surface area contributed by atoms with Gasteiger partial charge < -0.3 is 45.3 Å². The van der Waals surface area contributed by atoms with E-state index in [-0.39, 0.29) is 267 Å². The molecule has 0 fully saturated rings. The van der Waals surface area contributed by atoms with Crippen LogP contribution in [-0.2, 0) is 9.13 Å². The van der Waals surface area contributed by atoms with E-state index < -0.39 is 15.6 Å². The minimum atomic E-state index is -5.39. The molecule has 0 aliphatic heterocycles. The van der Waals surface area contributed by atoms with Crippen LogP contribution in [0.25, 0.3) is 0 Å². The Kier molecular flexibility index (Phi) is 88.0. The van der Waals surface area contributed by atoms with Crippen LogP contribution < -0.4 is 117 Å². The van der Waals surface area contributed by atoms with E-state index in [1.54, 1.807) is 0 Å². The van der Waals surface area contributed by atoms with Crippen LogP contribution in [0.1, 0.15) is 12.8 Å². The Morgan fingerprint density at radius 2 is 0.812 bits per heavy atom. The second-order valence-corrected chi connectivity index (χ2v) is 2.88. The van der Waals surface area contributed by atoms with Crippen LogP contribution in [0.4, 0.5) is 0 Å². The van der Waals surface area contributed by atoms with Gasteiger partial charge in [0.15, 0.2) is 0 Å². The summed E-state index contributed by atoms with van der Waals surface area (Å²) in [6, 6.07) is 0. The van der Waals surface area contributed by atoms with E-state index in [0.717, 1.165) is 0 Å². The summed E-state index contributed by atoms with van der Waals surface area (Å²) in [5.74, 6) is 0. The normalized spacial score (nSPS) is 7.38. The molecular weight excluding hydrogens is 428 g/mol. The summed E-state index contributed by atoms with van der Waals surface area (Å²) in [6.45, 7) is 0. The van der Waals surface area contributed by atoms with E-state index in [1.807, 2.05) is 0 Å². The molecule has 3 N–H and O–H groups in total. The molecule has 0 aromatic heterocycles. The van der Waals surface area contributed by atoms with Crippen molar-refractivity contribution in [2.24, 2.45) is 0 Å². The minimum Gasteiger partial charge on any atom is -1.00 e. The SMILES string of the molecule is O=P(O)(O)O.O=P([O-])([O-])[O-].[Ca+2].[Ca+2].[Ca+2].[Ca+2].[H+].[H-].[H-].[H-].[H-].[H-].[H-].[H-].[H-].[K+].[K+]. The predicted molar refractivity (Wildman–Crippen MR) is 54.9 cm³/mol. The second kappa shape index (κ2) is 28.3. The fourth-order valence-corrected chi connectivity index (χ4v) is 0. The molecule has 0 atom stereocenters. The van der Waals surface area contributed by atoms with Gasteiger partial charge in [-0.3, -0.25) is 0 Å². The zero-order chi connectivity index (χ0) is 9.00. The van der Waals surface area contributed by atoms with Crippen molar-refractivity contribution < 1.29 is 154 Å². The van der Waals surface area contributed by atoms with Gasteiger partial charge >= 0.3 is 263 Å². The molecule has 0 spiro atoms. The average Bonchev–Trinajstić information content (AvgIpc) is 1.12. The van der Waals surface area contributed by atoms with Gasteiger partial charge in [-0.25, -0.2) is 4.57 Å². The van der Waals surface area contributed by atoms with Gasteiger partial charge in [0.05, 0.1) is 0 Å². The summed E-state index contributed by atoms with van der Waals surface area (Å²) in [6.07, 6.45) is 0. The number of rotatable bonds is 0. The summed E-state index contributed by atoms with van der Waals surface area (Å²) in [4.78, 5) is 47.2. The molecule has 0 saturated heterocycles. The molecule has 0 aliphatic rings. The van der Waals surface area contributed by atoms with Crippen molar-refractivity contribution in [3.8, 4) is 0 Å². The topological polar surface area (TPSA) is 164 Å². The third kappa shape index (κ3) is 144. The standard InChI is InChI=1S/4Ca.2K.2H3O4P.8H/c;;;;;;2*1-5(2,3)4;;;;;;;;/h;;;;;;2*(H3,1,2,3,4);;;;;;;;/q4*+2;2*+1;;;8*-1/p-2. The summed E-state index contributed by atoms with van der Waals surface area (Å²) >= 11 is 0. The Bertz CT molecular complexity index is 164. The zero-order valence-corrected chi connectivity index (χ0v) is 26.0. The summed E-state index contributed by atoms with van der Waals surface area (Å²) < 4.78 is 17.4. The molecule has 0 aliphatic carbocycles. The number of hydrogen-bond donors (Lipinski definition) is 3. The van der Waals surface area contributed by atoms with E-state index >= 15 is 0 Å². The van der Waals surface area contributed by atoms with Gasteiger partial charge in [-0.15, -0.1) is 0 Å². The predicted octanol–water partition coefficient (Wildman–Crippen LogP) is -10.3. The molecule has 0 bridgehead atoms. The summed E-state index contributed by atoms with van der Waals surface area (Å²) in [5.41, 5.74) is 0. The molecule has 16 heavy (non-hydrogen) atoms. The van der Waals surface area contributed by atoms with Crippen LogP contribution in [-0.4, -0.2) is 166 Å². The Morgan fingerprint density at radius 1 is 0.812 bits per heavy atom. The van der Waals surface area contributed by atoms with E-state index in [4.69, 9.17) is 38.5 Å². The quantitative estimate of drug-likeness (QED) is 0.247. The van der Waals surface area contributed by atoms with Crippen LogP contribution in [0, 0.1) is 0 Å². The van der Waals surface area contributed by atoms with E-state index in [0.29, 0.717) is 0 Å². The smallest absolute Gasteiger partial charge is 1.00 e. The van der Waals surface area contributed by atoms with Crippen molar-refractivity contribution in [3.63, 3.8) is 0 Å². The minimum absolute atomic E-state index is 0. The Balaban J connectivity index is -0.00000000213. The maximum atomic E-state index is 8.88. The average molecular weight is 441 g/mol. The van der Waals surface area contributed by atoms with Gasteiger partial charge in [-0.1, -0.05) is 0 Å². The summed E-state index contributed by atoms with van der Waals surface area (Å²) in [7, 11) is -10.0. The van der Waals surface area contributed by atoms with Gasteiger partial charge in [0.25, 0.3) is 0 Å². The van der Waals surface area contributed by atoms with Crippen LogP contribution >= 0.6 is 15.6 Å². The van der Waals surface area contributed by atoms with Crippen molar-refractivity contribution in [1.29, 1.82) is 0 Å². The van der Waals surface area contributed by atoms with Gasteiger partial charge in [0, 0.05) is 0 Å². The van der Waals surface area contributed by atoms with Crippen LogP contribution in [0.5, 0.6) is 0 Å². The zero-order valence-electron chi connectivity index (χ0n) is 18.1. The van der Waals surface area contributed by atoms with Gasteiger partial charge in [-0.2, -0.15) is 7.82 Å². The van der Waals surface area contributed by atoms with Gasteiger partial charge in [-0.05, 0) is 0 Å². The molecule has 0 aromatic carbocycles. The van der Waals surface area contributed by atoms with Crippen molar-refractivity contribution >= 4 is 167 Å². The summed E-state index contributed by atoms with van der Waals surface area (Å²) in [5, 5.41) is 0. The second-order valence-electron chi connectivity index (χ2n) is 0.960. The molecule has 0 radical (unpaired) electrons. The Labute approximate surface area is 311 Å².